The Bertz CT molecular complexity index is 1510. The van der Waals surface area contributed by atoms with E-state index in [0.717, 1.165) is 5.69 Å². The van der Waals surface area contributed by atoms with Gasteiger partial charge in [0.2, 0.25) is 0 Å². The van der Waals surface area contributed by atoms with Crippen LogP contribution < -0.4 is 5.73 Å². The number of nitrogens with zero attached hydrogens (tertiary/aromatic N) is 1. The lowest BCUT2D eigenvalue weighted by molar-refractivity contribution is 0.794. The van der Waals surface area contributed by atoms with Crippen LogP contribution >= 0.6 is 0 Å². The molecule has 7 rings (SSSR count). The first kappa shape index (κ1) is 15.9. The molecule has 5 aromatic rings. The van der Waals surface area contributed by atoms with Gasteiger partial charge in [0, 0.05) is 29.0 Å². The Morgan fingerprint density at radius 3 is 2.07 bits per heavy atom. The van der Waals surface area contributed by atoms with Crippen LogP contribution in [0.1, 0.15) is 22.3 Å². The molecule has 1 unspecified atom stereocenters. The molecule has 2 nitrogen and oxygen atoms in total. The average molecular weight is 382 g/mol. The van der Waals surface area contributed by atoms with Gasteiger partial charge < -0.3 is 5.73 Å². The smallest absolute Gasteiger partial charge is 0.0726 e. The molecule has 30 heavy (non-hydrogen) atoms. The number of benzene rings is 4. The van der Waals surface area contributed by atoms with Crippen molar-refractivity contribution in [2.24, 2.45) is 0 Å². The predicted octanol–water partition coefficient (Wildman–Crippen LogP) is 6.16. The van der Waals surface area contributed by atoms with Gasteiger partial charge in [0.1, 0.15) is 0 Å². The number of aromatic nitrogens is 1. The Balaban J connectivity index is 1.76. The number of rotatable bonds is 0. The zero-order chi connectivity index (χ0) is 19.9. The number of nitrogen functional groups attached to an aromatic ring is 1. The molecule has 140 valence electrons. The fraction of sp³-hybridized carbons (Fsp3) is 0.0357. The van der Waals surface area contributed by atoms with Gasteiger partial charge in [0.25, 0.3) is 0 Å². The zero-order valence-electron chi connectivity index (χ0n) is 16.3. The SMILES string of the molecule is Nc1cccc2c1-c1ccccc1C21c2ccccc2-c2c1ccc1ccncc21. The molecule has 2 aliphatic rings. The molecule has 0 aliphatic heterocycles. The van der Waals surface area contributed by atoms with Crippen molar-refractivity contribution in [1.82, 2.24) is 4.98 Å². The van der Waals surface area contributed by atoms with Crippen LogP contribution in [0.3, 0.4) is 0 Å². The lowest BCUT2D eigenvalue weighted by atomic mass is 9.70. The van der Waals surface area contributed by atoms with Gasteiger partial charge in [-0.15, -0.1) is 0 Å². The number of anilines is 1. The number of hydrogen-bond donors (Lipinski definition) is 1. The molecule has 0 saturated heterocycles. The Kier molecular flexibility index (Phi) is 2.85. The second-order valence-electron chi connectivity index (χ2n) is 8.20. The van der Waals surface area contributed by atoms with E-state index in [0.29, 0.717) is 0 Å². The maximum atomic E-state index is 6.56. The van der Waals surface area contributed by atoms with Gasteiger partial charge in [-0.3, -0.25) is 4.98 Å². The molecule has 4 aromatic carbocycles. The largest absolute Gasteiger partial charge is 0.398 e. The van der Waals surface area contributed by atoms with E-state index in [4.69, 9.17) is 5.73 Å². The molecule has 2 heteroatoms. The second-order valence-corrected chi connectivity index (χ2v) is 8.20. The van der Waals surface area contributed by atoms with E-state index < -0.39 is 0 Å². The summed E-state index contributed by atoms with van der Waals surface area (Å²) >= 11 is 0. The zero-order valence-corrected chi connectivity index (χ0v) is 16.3. The molecule has 2 N–H and O–H groups in total. The molecule has 0 radical (unpaired) electrons. The lowest BCUT2D eigenvalue weighted by Gasteiger charge is -2.30. The molecule has 1 heterocycles. The van der Waals surface area contributed by atoms with E-state index >= 15 is 0 Å². The molecule has 1 aromatic heterocycles. The van der Waals surface area contributed by atoms with Crippen LogP contribution in [0.15, 0.2) is 97.3 Å². The van der Waals surface area contributed by atoms with Crippen LogP contribution in [0, 0.1) is 0 Å². The van der Waals surface area contributed by atoms with E-state index in [1.54, 1.807) is 0 Å². The van der Waals surface area contributed by atoms with Crippen molar-refractivity contribution >= 4 is 16.5 Å². The normalized spacial score (nSPS) is 17.6. The minimum absolute atomic E-state index is 0.350. The number of pyridine rings is 1. The van der Waals surface area contributed by atoms with Gasteiger partial charge >= 0.3 is 0 Å². The monoisotopic (exact) mass is 382 g/mol. The molecule has 2 aliphatic carbocycles. The summed E-state index contributed by atoms with van der Waals surface area (Å²) in [7, 11) is 0. The molecule has 0 bridgehead atoms. The topological polar surface area (TPSA) is 38.9 Å². The maximum absolute atomic E-state index is 6.56. The molecular weight excluding hydrogens is 364 g/mol. The van der Waals surface area contributed by atoms with E-state index in [-0.39, 0.29) is 5.41 Å². The third-order valence-corrected chi connectivity index (χ3v) is 6.93. The third-order valence-electron chi connectivity index (χ3n) is 6.93. The summed E-state index contributed by atoms with van der Waals surface area (Å²) in [6.07, 6.45) is 3.87. The van der Waals surface area contributed by atoms with Crippen molar-refractivity contribution in [2.45, 2.75) is 5.41 Å². The van der Waals surface area contributed by atoms with Gasteiger partial charge in [0.15, 0.2) is 0 Å². The van der Waals surface area contributed by atoms with Crippen molar-refractivity contribution < 1.29 is 0 Å². The highest BCUT2D eigenvalue weighted by Gasteiger charge is 2.52. The minimum Gasteiger partial charge on any atom is -0.398 e. The number of nitrogens with two attached hydrogens (primary N) is 1. The van der Waals surface area contributed by atoms with Crippen molar-refractivity contribution in [1.29, 1.82) is 0 Å². The fourth-order valence-electron chi connectivity index (χ4n) is 5.87. The molecular formula is C28H18N2. The van der Waals surface area contributed by atoms with Gasteiger partial charge in [-0.1, -0.05) is 72.8 Å². The highest BCUT2D eigenvalue weighted by atomic mass is 14.6. The third kappa shape index (κ3) is 1.66. The first-order chi connectivity index (χ1) is 14.8. The molecule has 1 spiro atoms. The quantitative estimate of drug-likeness (QED) is 0.319. The number of hydrogen-bond acceptors (Lipinski definition) is 2. The van der Waals surface area contributed by atoms with Gasteiger partial charge in [-0.05, 0) is 56.5 Å². The van der Waals surface area contributed by atoms with Gasteiger partial charge in [-0.25, -0.2) is 0 Å². The van der Waals surface area contributed by atoms with Crippen molar-refractivity contribution in [3.8, 4) is 22.3 Å². The summed E-state index contributed by atoms with van der Waals surface area (Å²) in [4.78, 5) is 4.46. The van der Waals surface area contributed by atoms with Gasteiger partial charge in [-0.2, -0.15) is 0 Å². The van der Waals surface area contributed by atoms with Crippen LogP contribution in [-0.4, -0.2) is 4.98 Å². The standard InChI is InChI=1S/C28H18N2/c29-25-11-5-10-23-27(25)19-7-2-4-9-22(19)28(23)21-8-3-1-6-18(21)26-20-16-30-15-14-17(20)12-13-24(26)28/h1-16H,29H2. The summed E-state index contributed by atoms with van der Waals surface area (Å²) in [5, 5.41) is 2.42. The van der Waals surface area contributed by atoms with Crippen LogP contribution in [0.25, 0.3) is 33.0 Å². The maximum Gasteiger partial charge on any atom is 0.0726 e. The molecule has 0 amide bonds. The van der Waals surface area contributed by atoms with Crippen molar-refractivity contribution in [3.63, 3.8) is 0 Å². The van der Waals surface area contributed by atoms with E-state index in [9.17, 15) is 0 Å². The van der Waals surface area contributed by atoms with Crippen molar-refractivity contribution in [3.05, 3.63) is 120 Å². The lowest BCUT2D eigenvalue weighted by Crippen LogP contribution is -2.25. The Labute approximate surface area is 174 Å². The average Bonchev–Trinajstić information content (AvgIpc) is 3.27. The van der Waals surface area contributed by atoms with Crippen LogP contribution in [0.5, 0.6) is 0 Å². The van der Waals surface area contributed by atoms with Crippen molar-refractivity contribution in [2.75, 3.05) is 5.73 Å². The Morgan fingerprint density at radius 2 is 1.27 bits per heavy atom. The van der Waals surface area contributed by atoms with Crippen LogP contribution in [0.2, 0.25) is 0 Å². The fourth-order valence-corrected chi connectivity index (χ4v) is 5.87. The summed E-state index contributed by atoms with van der Waals surface area (Å²) in [5.74, 6) is 0. The highest BCUT2D eigenvalue weighted by molar-refractivity contribution is 6.06. The highest BCUT2D eigenvalue weighted by Crippen LogP contribution is 2.64. The van der Waals surface area contributed by atoms with E-state index in [2.05, 4.69) is 83.8 Å². The van der Waals surface area contributed by atoms with Gasteiger partial charge in [0.05, 0.1) is 5.41 Å². The minimum atomic E-state index is -0.350. The Morgan fingerprint density at radius 1 is 0.600 bits per heavy atom. The summed E-state index contributed by atoms with van der Waals surface area (Å²) < 4.78 is 0. The number of fused-ring (bicyclic) bond motifs is 12. The predicted molar refractivity (Wildman–Crippen MR) is 122 cm³/mol. The molecule has 0 saturated carbocycles. The summed E-state index contributed by atoms with van der Waals surface area (Å²) in [6, 6.07) is 30.6. The van der Waals surface area contributed by atoms with Crippen LogP contribution in [-0.2, 0) is 5.41 Å². The summed E-state index contributed by atoms with van der Waals surface area (Å²) in [6.45, 7) is 0. The molecule has 0 fully saturated rings. The second kappa shape index (κ2) is 5.37. The van der Waals surface area contributed by atoms with E-state index in [1.807, 2.05) is 18.5 Å². The Hall–Kier alpha value is -3.91. The summed E-state index contributed by atoms with van der Waals surface area (Å²) in [5.41, 5.74) is 17.3. The molecule has 1 atom stereocenters. The van der Waals surface area contributed by atoms with E-state index in [1.165, 1.54) is 55.3 Å². The first-order valence-electron chi connectivity index (χ1n) is 10.3. The first-order valence-corrected chi connectivity index (χ1v) is 10.3. The van der Waals surface area contributed by atoms with Crippen LogP contribution in [0.4, 0.5) is 5.69 Å².